The zero-order chi connectivity index (χ0) is 33.3. The van der Waals surface area contributed by atoms with Crippen molar-refractivity contribution >= 4 is 11.9 Å². The van der Waals surface area contributed by atoms with Crippen molar-refractivity contribution < 1.29 is 38.4 Å². The molecule has 8 nitrogen and oxygen atoms in total. The first kappa shape index (κ1) is 32.8. The Morgan fingerprint density at radius 2 is 0.979 bits per heavy atom. The van der Waals surface area contributed by atoms with Crippen molar-refractivity contribution in [3.63, 3.8) is 0 Å². The summed E-state index contributed by atoms with van der Waals surface area (Å²) in [6.45, 7) is -0.154. The van der Waals surface area contributed by atoms with Gasteiger partial charge in [-0.2, -0.15) is 0 Å². The molecule has 1 N–H and O–H groups in total. The van der Waals surface area contributed by atoms with Gasteiger partial charge in [-0.15, -0.1) is 0 Å². The molecule has 1 aliphatic rings. The molecule has 1 saturated heterocycles. The summed E-state index contributed by atoms with van der Waals surface area (Å²) >= 11 is 0. The summed E-state index contributed by atoms with van der Waals surface area (Å²) in [4.78, 5) is 26.6. The first-order chi connectivity index (χ1) is 23.5. The van der Waals surface area contributed by atoms with Crippen molar-refractivity contribution in [2.75, 3.05) is 13.7 Å². The van der Waals surface area contributed by atoms with E-state index in [1.165, 1.54) is 7.11 Å². The average Bonchev–Trinajstić information content (AvgIpc) is 3.16. The minimum Gasteiger partial charge on any atom is -0.452 e. The number of carbonyl (C=O) groups excluding carboxylic acids is 2. The van der Waals surface area contributed by atoms with Crippen LogP contribution < -0.4 is 0 Å². The Labute approximate surface area is 279 Å². The molecule has 5 atom stereocenters. The monoisotopic (exact) mass is 644 g/mol. The maximum atomic E-state index is 13.3. The number of carbonyl (C=O) groups is 2. The Morgan fingerprint density at radius 1 is 0.604 bits per heavy atom. The Bertz CT molecular complexity index is 1650. The Kier molecular flexibility index (Phi) is 10.4. The zero-order valence-electron chi connectivity index (χ0n) is 26.3. The van der Waals surface area contributed by atoms with Gasteiger partial charge in [-0.3, -0.25) is 0 Å². The molecule has 0 aromatic heterocycles. The quantitative estimate of drug-likeness (QED) is 0.135. The Hall–Kier alpha value is -5.12. The highest BCUT2D eigenvalue weighted by Crippen LogP contribution is 2.41. The highest BCUT2D eigenvalue weighted by molar-refractivity contribution is 5.90. The second kappa shape index (κ2) is 15.2. The second-order valence-corrected chi connectivity index (χ2v) is 11.3. The van der Waals surface area contributed by atoms with E-state index >= 15 is 0 Å². The number of benzene rings is 5. The average molecular weight is 645 g/mol. The second-order valence-electron chi connectivity index (χ2n) is 11.3. The van der Waals surface area contributed by atoms with Crippen LogP contribution in [-0.4, -0.2) is 61.5 Å². The van der Waals surface area contributed by atoms with E-state index in [1.54, 1.807) is 60.7 Å². The van der Waals surface area contributed by atoms with E-state index in [9.17, 15) is 14.7 Å². The van der Waals surface area contributed by atoms with E-state index in [-0.39, 0.29) is 17.7 Å². The van der Waals surface area contributed by atoms with Crippen LogP contribution in [0.25, 0.3) is 0 Å². The van der Waals surface area contributed by atoms with Crippen molar-refractivity contribution in [2.24, 2.45) is 0 Å². The number of rotatable bonds is 11. The summed E-state index contributed by atoms with van der Waals surface area (Å²) in [6, 6.07) is 46.1. The largest absolute Gasteiger partial charge is 0.452 e. The first-order valence-corrected chi connectivity index (χ1v) is 15.7. The molecule has 0 aliphatic carbocycles. The lowest BCUT2D eigenvalue weighted by Gasteiger charge is -2.44. The maximum absolute atomic E-state index is 13.3. The third-order valence-corrected chi connectivity index (χ3v) is 8.36. The Balaban J connectivity index is 1.35. The van der Waals surface area contributed by atoms with Crippen LogP contribution in [0, 0.1) is 0 Å². The summed E-state index contributed by atoms with van der Waals surface area (Å²) in [5.41, 5.74) is 2.01. The van der Waals surface area contributed by atoms with Gasteiger partial charge in [-0.25, -0.2) is 9.59 Å². The lowest BCUT2D eigenvalue weighted by Crippen LogP contribution is -2.62. The van der Waals surface area contributed by atoms with E-state index in [0.717, 1.165) is 16.7 Å². The molecule has 0 saturated carbocycles. The molecule has 5 aromatic rings. The van der Waals surface area contributed by atoms with Crippen LogP contribution in [-0.2, 0) is 29.3 Å². The van der Waals surface area contributed by atoms with E-state index in [2.05, 4.69) is 0 Å². The van der Waals surface area contributed by atoms with Crippen LogP contribution in [0.2, 0.25) is 0 Å². The summed E-state index contributed by atoms with van der Waals surface area (Å²) in [6.07, 6.45) is -6.41. The SMILES string of the molecule is CO[C@@H]1O[C@H](COC(c2ccccc2)(c2ccccc2)c2ccccc2)[C@H](O)[C@H](OC(=O)c2ccccc2)[C@H]1OC(=O)c1ccccc1. The molecule has 0 radical (unpaired) electrons. The van der Waals surface area contributed by atoms with E-state index < -0.39 is 48.2 Å². The fourth-order valence-electron chi connectivity index (χ4n) is 5.99. The Morgan fingerprint density at radius 3 is 1.38 bits per heavy atom. The van der Waals surface area contributed by atoms with Gasteiger partial charge < -0.3 is 28.8 Å². The van der Waals surface area contributed by atoms with Crippen LogP contribution in [0.15, 0.2) is 152 Å². The van der Waals surface area contributed by atoms with Crippen molar-refractivity contribution in [1.29, 1.82) is 0 Å². The minimum atomic E-state index is -1.47. The molecule has 5 aromatic carbocycles. The summed E-state index contributed by atoms with van der Waals surface area (Å²) in [5.74, 6) is -1.39. The maximum Gasteiger partial charge on any atom is 0.338 e. The third kappa shape index (κ3) is 6.93. The van der Waals surface area contributed by atoms with E-state index in [4.69, 9.17) is 23.7 Å². The van der Waals surface area contributed by atoms with Crippen molar-refractivity contribution in [3.8, 4) is 0 Å². The fraction of sp³-hybridized carbons (Fsp3) is 0.200. The highest BCUT2D eigenvalue weighted by Gasteiger charge is 2.51. The normalized spacial score (nSPS) is 20.8. The topological polar surface area (TPSA) is 101 Å². The van der Waals surface area contributed by atoms with Crippen LogP contribution in [0.1, 0.15) is 37.4 Å². The van der Waals surface area contributed by atoms with Crippen LogP contribution in [0.5, 0.6) is 0 Å². The molecule has 48 heavy (non-hydrogen) atoms. The van der Waals surface area contributed by atoms with Gasteiger partial charge in [0, 0.05) is 7.11 Å². The molecular formula is C40H36O8. The van der Waals surface area contributed by atoms with Gasteiger partial charge >= 0.3 is 11.9 Å². The summed E-state index contributed by atoms with van der Waals surface area (Å²) in [5, 5.41) is 11.9. The number of hydrogen-bond acceptors (Lipinski definition) is 8. The predicted octanol–water partition coefficient (Wildman–Crippen LogP) is 6.18. The zero-order valence-corrected chi connectivity index (χ0v) is 26.3. The van der Waals surface area contributed by atoms with Crippen LogP contribution >= 0.6 is 0 Å². The molecule has 1 fully saturated rings. The highest BCUT2D eigenvalue weighted by atomic mass is 16.7. The number of methoxy groups -OCH3 is 1. The van der Waals surface area contributed by atoms with Gasteiger partial charge in [0.1, 0.15) is 17.8 Å². The smallest absolute Gasteiger partial charge is 0.338 e. The molecular weight excluding hydrogens is 608 g/mol. The first-order valence-electron chi connectivity index (χ1n) is 15.7. The number of esters is 2. The van der Waals surface area contributed by atoms with Crippen molar-refractivity contribution in [3.05, 3.63) is 179 Å². The molecule has 1 heterocycles. The van der Waals surface area contributed by atoms with Gasteiger partial charge in [0.25, 0.3) is 0 Å². The van der Waals surface area contributed by atoms with Crippen molar-refractivity contribution in [1.82, 2.24) is 0 Å². The van der Waals surface area contributed by atoms with Crippen LogP contribution in [0.4, 0.5) is 0 Å². The molecule has 8 heteroatoms. The minimum absolute atomic E-state index is 0.154. The van der Waals surface area contributed by atoms with Gasteiger partial charge in [-0.05, 0) is 41.0 Å². The lowest BCUT2D eigenvalue weighted by atomic mass is 9.80. The van der Waals surface area contributed by atoms with Gasteiger partial charge in [0.05, 0.1) is 17.7 Å². The number of ether oxygens (including phenoxy) is 5. The van der Waals surface area contributed by atoms with Gasteiger partial charge in [0.2, 0.25) is 0 Å². The number of hydrogen-bond donors (Lipinski definition) is 1. The van der Waals surface area contributed by atoms with Crippen LogP contribution in [0.3, 0.4) is 0 Å². The summed E-state index contributed by atoms with van der Waals surface area (Å²) in [7, 11) is 1.39. The van der Waals surface area contributed by atoms with Crippen molar-refractivity contribution in [2.45, 2.75) is 36.3 Å². The van der Waals surface area contributed by atoms with E-state index in [0.29, 0.717) is 0 Å². The molecule has 0 unspecified atom stereocenters. The molecule has 1 aliphatic heterocycles. The summed E-state index contributed by atoms with van der Waals surface area (Å²) < 4.78 is 30.6. The molecule has 0 spiro atoms. The molecule has 0 amide bonds. The molecule has 6 rings (SSSR count). The lowest BCUT2D eigenvalue weighted by molar-refractivity contribution is -0.297. The predicted molar refractivity (Wildman–Crippen MR) is 178 cm³/mol. The third-order valence-electron chi connectivity index (χ3n) is 8.36. The van der Waals surface area contributed by atoms with E-state index in [1.807, 2.05) is 91.0 Å². The number of aliphatic hydroxyl groups excluding tert-OH is 1. The standard InChI is InChI=1S/C40H36O8/c1-44-39-36(48-38(43)29-19-9-3-10-20-29)35(47-37(42)28-17-7-2-8-18-28)34(41)33(46-39)27-45-40(30-21-11-4-12-22-30,31-23-13-5-14-24-31)32-25-15-6-16-26-32/h2-26,33-36,39,41H,27H2,1H3/t33-,34+,35+,36-,39-/m1/s1. The number of aliphatic hydroxyl groups is 1. The van der Waals surface area contributed by atoms with Gasteiger partial charge in [-0.1, -0.05) is 127 Å². The molecule has 244 valence electrons. The van der Waals surface area contributed by atoms with Gasteiger partial charge in [0.15, 0.2) is 18.5 Å². The molecule has 0 bridgehead atoms. The fourth-order valence-corrected chi connectivity index (χ4v) is 5.99.